The van der Waals surface area contributed by atoms with Gasteiger partial charge < -0.3 is 14.5 Å². The number of tetrazole rings is 1. The van der Waals surface area contributed by atoms with Gasteiger partial charge in [-0.25, -0.2) is 4.79 Å². The minimum atomic E-state index is -0.738. The Morgan fingerprint density at radius 3 is 2.70 bits per heavy atom. The number of nitrogens with zero attached hydrogens (tertiary/aromatic N) is 4. The van der Waals surface area contributed by atoms with Gasteiger partial charge in [0, 0.05) is 17.7 Å². The van der Waals surface area contributed by atoms with Crippen molar-refractivity contribution in [1.29, 1.82) is 0 Å². The van der Waals surface area contributed by atoms with E-state index in [1.54, 1.807) is 12.1 Å². The molecule has 154 valence electrons. The van der Waals surface area contributed by atoms with Crippen LogP contribution in [-0.4, -0.2) is 44.7 Å². The molecule has 0 spiro atoms. The molecular weight excluding hydrogens is 386 g/mol. The molecule has 0 atom stereocenters. The SMILES string of the molecule is O=C(COC(=O)C(=Cc1ccco1)n1nnnc1-c1ccccc1)NC1CCCC1. The van der Waals surface area contributed by atoms with Crippen LogP contribution in [0.5, 0.6) is 0 Å². The van der Waals surface area contributed by atoms with Gasteiger partial charge in [-0.2, -0.15) is 4.68 Å². The standard InChI is InChI=1S/C21H21N5O4/c27-19(22-16-9-4-5-10-16)14-30-21(28)18(13-17-11-6-12-29-17)26-20(23-24-25-26)15-7-2-1-3-8-15/h1-3,6-8,11-13,16H,4-5,9-10,14H2,(H,22,27). The number of benzene rings is 1. The first-order valence-electron chi connectivity index (χ1n) is 9.76. The molecule has 1 aliphatic carbocycles. The minimum Gasteiger partial charge on any atom is -0.465 e. The molecule has 2 heterocycles. The molecule has 1 aliphatic rings. The maximum absolute atomic E-state index is 12.9. The quantitative estimate of drug-likeness (QED) is 0.473. The van der Waals surface area contributed by atoms with Gasteiger partial charge in [-0.15, -0.1) is 5.10 Å². The number of carbonyl (C=O) groups excluding carboxylic acids is 2. The Morgan fingerprint density at radius 2 is 1.97 bits per heavy atom. The Balaban J connectivity index is 1.55. The predicted molar refractivity (Wildman–Crippen MR) is 107 cm³/mol. The van der Waals surface area contributed by atoms with Crippen molar-refractivity contribution in [3.63, 3.8) is 0 Å². The highest BCUT2D eigenvalue weighted by molar-refractivity contribution is 6.15. The van der Waals surface area contributed by atoms with Crippen molar-refractivity contribution >= 4 is 23.6 Å². The van der Waals surface area contributed by atoms with E-state index in [-0.39, 0.29) is 24.3 Å². The first-order valence-corrected chi connectivity index (χ1v) is 9.76. The zero-order valence-electron chi connectivity index (χ0n) is 16.2. The van der Waals surface area contributed by atoms with E-state index >= 15 is 0 Å². The fourth-order valence-electron chi connectivity index (χ4n) is 3.38. The van der Waals surface area contributed by atoms with Crippen molar-refractivity contribution in [3.8, 4) is 11.4 Å². The van der Waals surface area contributed by atoms with Crippen LogP contribution in [0.15, 0.2) is 53.1 Å². The van der Waals surface area contributed by atoms with E-state index in [4.69, 9.17) is 9.15 Å². The second-order valence-corrected chi connectivity index (χ2v) is 6.95. The monoisotopic (exact) mass is 407 g/mol. The van der Waals surface area contributed by atoms with E-state index in [9.17, 15) is 9.59 Å². The summed E-state index contributed by atoms with van der Waals surface area (Å²) in [6.45, 7) is -0.381. The molecule has 1 fully saturated rings. The zero-order chi connectivity index (χ0) is 20.8. The Kier molecular flexibility index (Phi) is 5.98. The zero-order valence-corrected chi connectivity index (χ0v) is 16.2. The van der Waals surface area contributed by atoms with Crippen LogP contribution in [0.3, 0.4) is 0 Å². The summed E-state index contributed by atoms with van der Waals surface area (Å²) in [6, 6.07) is 12.7. The maximum atomic E-state index is 12.9. The van der Waals surface area contributed by atoms with E-state index in [1.165, 1.54) is 17.0 Å². The van der Waals surface area contributed by atoms with Gasteiger partial charge >= 0.3 is 5.97 Å². The number of carbonyl (C=O) groups is 2. The van der Waals surface area contributed by atoms with Crippen LogP contribution in [0.2, 0.25) is 0 Å². The third-order valence-corrected chi connectivity index (χ3v) is 4.82. The lowest BCUT2D eigenvalue weighted by Gasteiger charge is -2.13. The fraction of sp³-hybridized carbons (Fsp3) is 0.286. The van der Waals surface area contributed by atoms with Crippen molar-refractivity contribution in [2.45, 2.75) is 31.7 Å². The Bertz CT molecular complexity index is 1020. The summed E-state index contributed by atoms with van der Waals surface area (Å²) < 4.78 is 11.9. The van der Waals surface area contributed by atoms with Crippen molar-refractivity contribution < 1.29 is 18.7 Å². The van der Waals surface area contributed by atoms with E-state index in [1.807, 2.05) is 30.3 Å². The molecule has 1 N–H and O–H groups in total. The molecule has 1 amide bonds. The lowest BCUT2D eigenvalue weighted by Crippen LogP contribution is -2.36. The second-order valence-electron chi connectivity index (χ2n) is 6.95. The molecular formula is C21H21N5O4. The molecule has 9 heteroatoms. The second kappa shape index (κ2) is 9.17. The average molecular weight is 407 g/mol. The van der Waals surface area contributed by atoms with Gasteiger partial charge in [0.05, 0.1) is 6.26 Å². The first-order chi connectivity index (χ1) is 14.7. The third-order valence-electron chi connectivity index (χ3n) is 4.82. The molecule has 1 saturated carbocycles. The number of rotatable bonds is 7. The summed E-state index contributed by atoms with van der Waals surface area (Å²) in [5, 5.41) is 14.6. The highest BCUT2D eigenvalue weighted by atomic mass is 16.5. The van der Waals surface area contributed by atoms with Crippen LogP contribution in [0.4, 0.5) is 0 Å². The molecule has 0 bridgehead atoms. The van der Waals surface area contributed by atoms with Gasteiger partial charge in [0.2, 0.25) is 0 Å². The minimum absolute atomic E-state index is 0.0301. The van der Waals surface area contributed by atoms with Crippen molar-refractivity contribution in [3.05, 3.63) is 54.5 Å². The van der Waals surface area contributed by atoms with Crippen LogP contribution in [0.1, 0.15) is 31.4 Å². The van der Waals surface area contributed by atoms with Gasteiger partial charge in [-0.05, 0) is 35.4 Å². The highest BCUT2D eigenvalue weighted by Crippen LogP contribution is 2.21. The Labute approximate surface area is 172 Å². The van der Waals surface area contributed by atoms with Gasteiger partial charge in [0.15, 0.2) is 18.1 Å². The number of furan rings is 1. The number of aromatic nitrogens is 4. The normalized spacial score (nSPS) is 14.6. The van der Waals surface area contributed by atoms with Gasteiger partial charge in [0.1, 0.15) is 5.76 Å². The maximum Gasteiger partial charge on any atom is 0.357 e. The topological polar surface area (TPSA) is 112 Å². The van der Waals surface area contributed by atoms with E-state index in [0.29, 0.717) is 11.6 Å². The lowest BCUT2D eigenvalue weighted by molar-refractivity contribution is -0.143. The summed E-state index contributed by atoms with van der Waals surface area (Å²) in [5.74, 6) is -0.280. The summed E-state index contributed by atoms with van der Waals surface area (Å²) in [4.78, 5) is 25.0. The van der Waals surface area contributed by atoms with Crippen molar-refractivity contribution in [2.75, 3.05) is 6.61 Å². The van der Waals surface area contributed by atoms with Crippen LogP contribution in [-0.2, 0) is 14.3 Å². The molecule has 1 aromatic carbocycles. The van der Waals surface area contributed by atoms with E-state index in [0.717, 1.165) is 31.2 Å². The molecule has 0 unspecified atom stereocenters. The molecule has 9 nitrogen and oxygen atoms in total. The van der Waals surface area contributed by atoms with Crippen molar-refractivity contribution in [1.82, 2.24) is 25.5 Å². The number of ether oxygens (including phenoxy) is 1. The summed E-state index contributed by atoms with van der Waals surface area (Å²) in [7, 11) is 0. The summed E-state index contributed by atoms with van der Waals surface area (Å²) >= 11 is 0. The van der Waals surface area contributed by atoms with E-state index < -0.39 is 5.97 Å². The van der Waals surface area contributed by atoms with Gasteiger partial charge in [0.25, 0.3) is 5.91 Å². The summed E-state index contributed by atoms with van der Waals surface area (Å²) in [6.07, 6.45) is 7.06. The van der Waals surface area contributed by atoms with Gasteiger partial charge in [-0.3, -0.25) is 4.79 Å². The highest BCUT2D eigenvalue weighted by Gasteiger charge is 2.23. The lowest BCUT2D eigenvalue weighted by atomic mass is 10.2. The Hall–Kier alpha value is -3.75. The van der Waals surface area contributed by atoms with Crippen molar-refractivity contribution in [2.24, 2.45) is 0 Å². The number of amides is 1. The van der Waals surface area contributed by atoms with Crippen LogP contribution < -0.4 is 5.32 Å². The third kappa shape index (κ3) is 4.62. The molecule has 0 radical (unpaired) electrons. The number of nitrogens with one attached hydrogen (secondary N) is 1. The number of esters is 1. The van der Waals surface area contributed by atoms with Crippen LogP contribution in [0.25, 0.3) is 23.2 Å². The smallest absolute Gasteiger partial charge is 0.357 e. The van der Waals surface area contributed by atoms with Crippen LogP contribution >= 0.6 is 0 Å². The van der Waals surface area contributed by atoms with Crippen LogP contribution in [0, 0.1) is 0 Å². The molecule has 30 heavy (non-hydrogen) atoms. The predicted octanol–water partition coefficient (Wildman–Crippen LogP) is 2.53. The number of hydrogen-bond acceptors (Lipinski definition) is 7. The molecule has 0 saturated heterocycles. The van der Waals surface area contributed by atoms with Gasteiger partial charge in [-0.1, -0.05) is 43.2 Å². The summed E-state index contributed by atoms with van der Waals surface area (Å²) in [5.41, 5.74) is 0.752. The van der Waals surface area contributed by atoms with E-state index in [2.05, 4.69) is 20.8 Å². The first kappa shape index (κ1) is 19.6. The fourth-order valence-corrected chi connectivity index (χ4v) is 3.38. The molecule has 3 aromatic rings. The molecule has 0 aliphatic heterocycles. The molecule has 2 aromatic heterocycles. The largest absolute Gasteiger partial charge is 0.465 e. The number of hydrogen-bond donors (Lipinski definition) is 1. The Morgan fingerprint density at radius 1 is 1.17 bits per heavy atom. The average Bonchev–Trinajstić information content (AvgIpc) is 3.53. The molecule has 4 rings (SSSR count).